The maximum atomic E-state index is 12.2. The number of hydrogen-bond donors (Lipinski definition) is 4. The maximum absolute atomic E-state index is 12.2. The van der Waals surface area contributed by atoms with Crippen molar-refractivity contribution in [3.63, 3.8) is 0 Å². The van der Waals surface area contributed by atoms with E-state index in [0.29, 0.717) is 42.1 Å². The average molecular weight is 471 g/mol. The van der Waals surface area contributed by atoms with E-state index in [2.05, 4.69) is 57.2 Å². The molecule has 1 atom stereocenters. The van der Waals surface area contributed by atoms with Gasteiger partial charge in [0.05, 0.1) is 7.11 Å². The number of amides is 2. The molecule has 34 heavy (non-hydrogen) atoms. The molecule has 2 amide bonds. The van der Waals surface area contributed by atoms with Crippen LogP contribution in [0.5, 0.6) is 0 Å². The molecular formula is C23H34N8O3. The van der Waals surface area contributed by atoms with Gasteiger partial charge < -0.3 is 20.9 Å². The third-order valence-electron chi connectivity index (χ3n) is 5.21. The Morgan fingerprint density at radius 2 is 1.97 bits per heavy atom. The van der Waals surface area contributed by atoms with Crippen molar-refractivity contribution in [3.8, 4) is 0 Å². The number of rotatable bonds is 9. The molecule has 1 aromatic carbocycles. The number of nitrogens with zero attached hydrogens (tertiary/aromatic N) is 4. The zero-order valence-corrected chi connectivity index (χ0v) is 20.7. The van der Waals surface area contributed by atoms with Crippen molar-refractivity contribution >= 4 is 35.3 Å². The van der Waals surface area contributed by atoms with E-state index in [0.717, 1.165) is 18.5 Å². The minimum Gasteiger partial charge on any atom is -0.352 e. The second-order valence-corrected chi connectivity index (χ2v) is 9.67. The SMILES string of the molecule is CONC(=O)c1ccc(C)c(Nc2nc(NCC3CCC(=O)N3)nc(N(C)CC(C)(C)C)n2)c1. The van der Waals surface area contributed by atoms with E-state index >= 15 is 0 Å². The van der Waals surface area contributed by atoms with E-state index in [4.69, 9.17) is 4.84 Å². The summed E-state index contributed by atoms with van der Waals surface area (Å²) in [6.45, 7) is 9.61. The molecule has 11 heteroatoms. The van der Waals surface area contributed by atoms with Gasteiger partial charge in [-0.25, -0.2) is 5.48 Å². The Labute approximate surface area is 200 Å². The Kier molecular flexibility index (Phi) is 7.87. The van der Waals surface area contributed by atoms with E-state index in [1.54, 1.807) is 12.1 Å². The first-order chi connectivity index (χ1) is 16.0. The largest absolute Gasteiger partial charge is 0.352 e. The number of hydrogen-bond acceptors (Lipinski definition) is 9. The number of nitrogens with one attached hydrogen (secondary N) is 4. The first kappa shape index (κ1) is 25.2. The molecule has 1 unspecified atom stereocenters. The van der Waals surface area contributed by atoms with Gasteiger partial charge in [-0.1, -0.05) is 26.8 Å². The second-order valence-electron chi connectivity index (χ2n) is 9.67. The lowest BCUT2D eigenvalue weighted by atomic mass is 9.96. The zero-order valence-electron chi connectivity index (χ0n) is 20.7. The molecule has 3 rings (SSSR count). The van der Waals surface area contributed by atoms with Gasteiger partial charge in [-0.15, -0.1) is 0 Å². The van der Waals surface area contributed by atoms with Gasteiger partial charge in [-0.05, 0) is 36.5 Å². The van der Waals surface area contributed by atoms with Crippen molar-refractivity contribution < 1.29 is 14.4 Å². The zero-order chi connectivity index (χ0) is 24.9. The van der Waals surface area contributed by atoms with Gasteiger partial charge in [-0.2, -0.15) is 15.0 Å². The summed E-state index contributed by atoms with van der Waals surface area (Å²) in [5.74, 6) is 0.962. The summed E-state index contributed by atoms with van der Waals surface area (Å²) in [5, 5.41) is 9.39. The molecule has 1 fully saturated rings. The molecule has 2 heterocycles. The highest BCUT2D eigenvalue weighted by molar-refractivity contribution is 5.94. The molecule has 1 aliphatic heterocycles. The highest BCUT2D eigenvalue weighted by atomic mass is 16.6. The lowest BCUT2D eigenvalue weighted by molar-refractivity contribution is -0.119. The van der Waals surface area contributed by atoms with Crippen LogP contribution in [0.3, 0.4) is 0 Å². The second kappa shape index (κ2) is 10.6. The number of carbonyl (C=O) groups excluding carboxylic acids is 2. The van der Waals surface area contributed by atoms with Crippen LogP contribution in [0.1, 0.15) is 49.5 Å². The fraction of sp³-hybridized carbons (Fsp3) is 0.522. The van der Waals surface area contributed by atoms with Gasteiger partial charge in [0.25, 0.3) is 5.91 Å². The van der Waals surface area contributed by atoms with Crippen LogP contribution in [-0.2, 0) is 9.63 Å². The molecule has 1 saturated heterocycles. The minimum absolute atomic E-state index is 0.0367. The molecule has 1 aliphatic rings. The highest BCUT2D eigenvalue weighted by Crippen LogP contribution is 2.24. The Morgan fingerprint density at radius 1 is 1.24 bits per heavy atom. The first-order valence-electron chi connectivity index (χ1n) is 11.3. The van der Waals surface area contributed by atoms with Crippen LogP contribution in [0, 0.1) is 12.3 Å². The van der Waals surface area contributed by atoms with Crippen LogP contribution in [-0.4, -0.2) is 60.1 Å². The topological polar surface area (TPSA) is 133 Å². The third kappa shape index (κ3) is 7.01. The van der Waals surface area contributed by atoms with Gasteiger partial charge in [0.2, 0.25) is 23.8 Å². The lowest BCUT2D eigenvalue weighted by Gasteiger charge is -2.27. The number of benzene rings is 1. The van der Waals surface area contributed by atoms with Gasteiger partial charge in [0, 0.05) is 43.9 Å². The Balaban J connectivity index is 1.87. The molecular weight excluding hydrogens is 436 g/mol. The van der Waals surface area contributed by atoms with Crippen molar-refractivity contribution in [2.45, 2.75) is 46.6 Å². The van der Waals surface area contributed by atoms with Gasteiger partial charge in [0.15, 0.2) is 0 Å². The van der Waals surface area contributed by atoms with E-state index in [1.165, 1.54) is 7.11 Å². The van der Waals surface area contributed by atoms with Crippen LogP contribution in [0.2, 0.25) is 0 Å². The number of anilines is 4. The van der Waals surface area contributed by atoms with E-state index in [9.17, 15) is 9.59 Å². The van der Waals surface area contributed by atoms with Crippen LogP contribution >= 0.6 is 0 Å². The Hall–Kier alpha value is -3.47. The predicted octanol–water partition coefficient (Wildman–Crippen LogP) is 2.39. The average Bonchev–Trinajstić information content (AvgIpc) is 3.18. The highest BCUT2D eigenvalue weighted by Gasteiger charge is 2.22. The molecule has 2 aromatic rings. The molecule has 11 nitrogen and oxygen atoms in total. The van der Waals surface area contributed by atoms with Gasteiger partial charge in [0.1, 0.15) is 0 Å². The van der Waals surface area contributed by atoms with Crippen molar-refractivity contribution in [2.75, 3.05) is 42.8 Å². The quantitative estimate of drug-likeness (QED) is 0.408. The molecule has 0 saturated carbocycles. The molecule has 184 valence electrons. The summed E-state index contributed by atoms with van der Waals surface area (Å²) in [6.07, 6.45) is 1.30. The number of aromatic nitrogens is 3. The summed E-state index contributed by atoms with van der Waals surface area (Å²) >= 11 is 0. The smallest absolute Gasteiger partial charge is 0.274 e. The van der Waals surface area contributed by atoms with E-state index in [1.807, 2.05) is 24.9 Å². The molecule has 0 aliphatic carbocycles. The minimum atomic E-state index is -0.354. The van der Waals surface area contributed by atoms with E-state index in [-0.39, 0.29) is 23.3 Å². The summed E-state index contributed by atoms with van der Waals surface area (Å²) < 4.78 is 0. The Bertz CT molecular complexity index is 1040. The normalized spacial score (nSPS) is 15.6. The monoisotopic (exact) mass is 470 g/mol. The summed E-state index contributed by atoms with van der Waals surface area (Å²) in [7, 11) is 3.32. The van der Waals surface area contributed by atoms with Crippen LogP contribution in [0.4, 0.5) is 23.5 Å². The van der Waals surface area contributed by atoms with Gasteiger partial charge >= 0.3 is 0 Å². The number of hydroxylamine groups is 1. The van der Waals surface area contributed by atoms with Crippen LogP contribution < -0.4 is 26.3 Å². The van der Waals surface area contributed by atoms with Crippen molar-refractivity contribution in [3.05, 3.63) is 29.3 Å². The number of carbonyl (C=O) groups is 2. The lowest BCUT2D eigenvalue weighted by Crippen LogP contribution is -2.33. The fourth-order valence-electron chi connectivity index (χ4n) is 3.67. The first-order valence-corrected chi connectivity index (χ1v) is 11.3. The Morgan fingerprint density at radius 3 is 2.62 bits per heavy atom. The third-order valence-corrected chi connectivity index (χ3v) is 5.21. The summed E-state index contributed by atoms with van der Waals surface area (Å²) in [6, 6.07) is 5.30. The van der Waals surface area contributed by atoms with Crippen molar-refractivity contribution in [1.82, 2.24) is 25.7 Å². The molecule has 4 N–H and O–H groups in total. The molecule has 1 aromatic heterocycles. The van der Waals surface area contributed by atoms with Crippen LogP contribution in [0.15, 0.2) is 18.2 Å². The summed E-state index contributed by atoms with van der Waals surface area (Å²) in [4.78, 5) is 44.1. The van der Waals surface area contributed by atoms with Crippen molar-refractivity contribution in [1.29, 1.82) is 0 Å². The molecule has 0 radical (unpaired) electrons. The summed E-state index contributed by atoms with van der Waals surface area (Å²) in [5.41, 5.74) is 4.40. The van der Waals surface area contributed by atoms with Crippen molar-refractivity contribution in [2.24, 2.45) is 5.41 Å². The predicted molar refractivity (Wildman–Crippen MR) is 131 cm³/mol. The molecule has 0 bridgehead atoms. The maximum Gasteiger partial charge on any atom is 0.274 e. The van der Waals surface area contributed by atoms with Crippen LogP contribution in [0.25, 0.3) is 0 Å². The number of aryl methyl sites for hydroxylation is 1. The standard InChI is InChI=1S/C23H34N8O3/c1-14-7-8-15(19(33)30-34-6)11-17(14)26-21-27-20(24-12-16-9-10-18(32)25-16)28-22(29-21)31(5)13-23(2,3)4/h7-8,11,16H,9-10,12-13H2,1-6H3,(H,25,32)(H,30,33)(H2,24,26,27,28,29). The van der Waals surface area contributed by atoms with Gasteiger partial charge in [-0.3, -0.25) is 14.4 Å². The van der Waals surface area contributed by atoms with E-state index < -0.39 is 0 Å². The molecule has 0 spiro atoms. The fourth-order valence-corrected chi connectivity index (χ4v) is 3.67.